The first-order valence-corrected chi connectivity index (χ1v) is 8.38. The van der Waals surface area contributed by atoms with Crippen molar-refractivity contribution in [1.29, 1.82) is 0 Å². The Bertz CT molecular complexity index is 729. The maximum atomic E-state index is 11.9. The number of hydrogen-bond acceptors (Lipinski definition) is 3. The number of anilines is 1. The van der Waals surface area contributed by atoms with Gasteiger partial charge in [-0.2, -0.15) is 0 Å². The van der Waals surface area contributed by atoms with Crippen LogP contribution in [0.15, 0.2) is 48.5 Å². The lowest BCUT2D eigenvalue weighted by molar-refractivity contribution is -0.123. The van der Waals surface area contributed by atoms with Crippen LogP contribution in [0.25, 0.3) is 0 Å². The summed E-state index contributed by atoms with van der Waals surface area (Å²) in [6, 6.07) is 15.5. The number of rotatable bonds is 7. The molecular formula is C20H24N2O3. The number of amides is 2. The van der Waals surface area contributed by atoms with E-state index in [0.29, 0.717) is 12.1 Å². The predicted molar refractivity (Wildman–Crippen MR) is 98.6 cm³/mol. The molecule has 2 aromatic carbocycles. The smallest absolute Gasteiger partial charge is 0.243 e. The van der Waals surface area contributed by atoms with E-state index in [4.69, 9.17) is 4.74 Å². The monoisotopic (exact) mass is 340 g/mol. The van der Waals surface area contributed by atoms with E-state index >= 15 is 0 Å². The summed E-state index contributed by atoms with van der Waals surface area (Å²) in [5, 5.41) is 5.34. The predicted octanol–water partition coefficient (Wildman–Crippen LogP) is 3.60. The molecule has 25 heavy (non-hydrogen) atoms. The van der Waals surface area contributed by atoms with E-state index in [-0.39, 0.29) is 24.5 Å². The third kappa shape index (κ3) is 5.64. The van der Waals surface area contributed by atoms with Crippen LogP contribution in [-0.2, 0) is 9.59 Å². The zero-order chi connectivity index (χ0) is 18.2. The van der Waals surface area contributed by atoms with Gasteiger partial charge in [0.05, 0.1) is 6.54 Å². The van der Waals surface area contributed by atoms with E-state index in [0.717, 1.165) is 16.9 Å². The molecule has 5 heteroatoms. The molecule has 0 spiro atoms. The summed E-state index contributed by atoms with van der Waals surface area (Å²) in [7, 11) is 0. The fraction of sp³-hybridized carbons (Fsp3) is 0.300. The van der Waals surface area contributed by atoms with Crippen molar-refractivity contribution in [2.75, 3.05) is 11.9 Å². The minimum Gasteiger partial charge on any atom is -0.486 e. The molecule has 132 valence electrons. The number of nitrogens with one attached hydrogen (secondary N) is 2. The second-order valence-electron chi connectivity index (χ2n) is 5.83. The maximum absolute atomic E-state index is 11.9. The Morgan fingerprint density at radius 1 is 1.08 bits per heavy atom. The number of carbonyl (C=O) groups is 2. The highest BCUT2D eigenvalue weighted by Gasteiger charge is 2.10. The van der Waals surface area contributed by atoms with Gasteiger partial charge in [0.25, 0.3) is 0 Å². The summed E-state index contributed by atoms with van der Waals surface area (Å²) in [6.07, 6.45) is 0.295. The van der Waals surface area contributed by atoms with Crippen LogP contribution < -0.4 is 15.4 Å². The number of benzene rings is 2. The molecule has 1 atom stereocenters. The summed E-state index contributed by atoms with van der Waals surface area (Å²) in [6.45, 7) is 5.61. The van der Waals surface area contributed by atoms with Crippen LogP contribution >= 0.6 is 0 Å². The number of carbonyl (C=O) groups excluding carboxylic acids is 2. The molecule has 2 N–H and O–H groups in total. The SMILES string of the molecule is CCC(=O)NCC(=O)Nc1ccc(OC(C)c2ccccc2)cc1C. The molecule has 5 nitrogen and oxygen atoms in total. The van der Waals surface area contributed by atoms with Crippen LogP contribution in [0.5, 0.6) is 5.75 Å². The van der Waals surface area contributed by atoms with E-state index in [1.54, 1.807) is 6.92 Å². The molecule has 0 aliphatic rings. The summed E-state index contributed by atoms with van der Waals surface area (Å²) < 4.78 is 5.96. The first kappa shape index (κ1) is 18.5. The maximum Gasteiger partial charge on any atom is 0.243 e. The highest BCUT2D eigenvalue weighted by molar-refractivity contribution is 5.95. The molecule has 0 aromatic heterocycles. The molecule has 0 fully saturated rings. The van der Waals surface area contributed by atoms with Gasteiger partial charge in [-0.15, -0.1) is 0 Å². The second kappa shape index (κ2) is 8.87. The Kier molecular flexibility index (Phi) is 6.57. The molecule has 0 radical (unpaired) electrons. The molecule has 0 saturated heterocycles. The highest BCUT2D eigenvalue weighted by Crippen LogP contribution is 2.26. The fourth-order valence-electron chi connectivity index (χ4n) is 2.34. The van der Waals surface area contributed by atoms with Gasteiger partial charge in [-0.25, -0.2) is 0 Å². The van der Waals surface area contributed by atoms with Crippen molar-refractivity contribution in [2.24, 2.45) is 0 Å². The van der Waals surface area contributed by atoms with Gasteiger partial charge in [-0.1, -0.05) is 37.3 Å². The Morgan fingerprint density at radius 3 is 2.44 bits per heavy atom. The Labute approximate surface area is 148 Å². The Hall–Kier alpha value is -2.82. The van der Waals surface area contributed by atoms with Crippen molar-refractivity contribution in [1.82, 2.24) is 5.32 Å². The van der Waals surface area contributed by atoms with Crippen LogP contribution in [0.2, 0.25) is 0 Å². The summed E-state index contributed by atoms with van der Waals surface area (Å²) in [5.74, 6) is 0.341. The standard InChI is InChI=1S/C20H24N2O3/c1-4-19(23)21-13-20(24)22-18-11-10-17(12-14(18)2)25-15(3)16-8-6-5-7-9-16/h5-12,15H,4,13H2,1-3H3,(H,21,23)(H,22,24). The summed E-state index contributed by atoms with van der Waals surface area (Å²) in [4.78, 5) is 23.1. The Balaban J connectivity index is 1.96. The largest absolute Gasteiger partial charge is 0.486 e. The molecular weight excluding hydrogens is 316 g/mol. The Morgan fingerprint density at radius 2 is 1.80 bits per heavy atom. The summed E-state index contributed by atoms with van der Waals surface area (Å²) >= 11 is 0. The lowest BCUT2D eigenvalue weighted by atomic mass is 10.1. The second-order valence-corrected chi connectivity index (χ2v) is 5.83. The highest BCUT2D eigenvalue weighted by atomic mass is 16.5. The van der Waals surface area contributed by atoms with Crippen molar-refractivity contribution in [3.8, 4) is 5.75 Å². The van der Waals surface area contributed by atoms with Crippen molar-refractivity contribution in [3.05, 3.63) is 59.7 Å². The normalized spacial score (nSPS) is 11.5. The molecule has 1 unspecified atom stereocenters. The first-order valence-electron chi connectivity index (χ1n) is 8.38. The molecule has 0 aliphatic carbocycles. The lowest BCUT2D eigenvalue weighted by Crippen LogP contribution is -2.32. The average Bonchev–Trinajstić information content (AvgIpc) is 2.62. The first-order chi connectivity index (χ1) is 12.0. The topological polar surface area (TPSA) is 67.4 Å². The van der Waals surface area contributed by atoms with Gasteiger partial charge < -0.3 is 15.4 Å². The van der Waals surface area contributed by atoms with E-state index in [2.05, 4.69) is 10.6 Å². The van der Waals surface area contributed by atoms with Gasteiger partial charge >= 0.3 is 0 Å². The lowest BCUT2D eigenvalue weighted by Gasteiger charge is -2.16. The van der Waals surface area contributed by atoms with Crippen LogP contribution in [0.1, 0.15) is 37.5 Å². The van der Waals surface area contributed by atoms with Crippen molar-refractivity contribution in [2.45, 2.75) is 33.3 Å². The zero-order valence-corrected chi connectivity index (χ0v) is 14.8. The van der Waals surface area contributed by atoms with Crippen molar-refractivity contribution >= 4 is 17.5 Å². The van der Waals surface area contributed by atoms with Gasteiger partial charge in [-0.05, 0) is 43.2 Å². The quantitative estimate of drug-likeness (QED) is 0.809. The fourth-order valence-corrected chi connectivity index (χ4v) is 2.34. The van der Waals surface area contributed by atoms with Crippen LogP contribution in [0.4, 0.5) is 5.69 Å². The van der Waals surface area contributed by atoms with Crippen LogP contribution in [0, 0.1) is 6.92 Å². The van der Waals surface area contributed by atoms with E-state index < -0.39 is 0 Å². The molecule has 2 amide bonds. The number of ether oxygens (including phenoxy) is 1. The molecule has 2 aromatic rings. The third-order valence-corrected chi connectivity index (χ3v) is 3.82. The van der Waals surface area contributed by atoms with E-state index in [1.165, 1.54) is 0 Å². The van der Waals surface area contributed by atoms with Crippen LogP contribution in [-0.4, -0.2) is 18.4 Å². The number of hydrogen-bond donors (Lipinski definition) is 2. The number of aryl methyl sites for hydroxylation is 1. The van der Waals surface area contributed by atoms with E-state index in [9.17, 15) is 9.59 Å². The molecule has 0 heterocycles. The van der Waals surface area contributed by atoms with Crippen molar-refractivity contribution in [3.63, 3.8) is 0 Å². The molecule has 2 rings (SSSR count). The van der Waals surface area contributed by atoms with Gasteiger partial charge in [0, 0.05) is 12.1 Å². The van der Waals surface area contributed by atoms with Gasteiger partial charge in [0.2, 0.25) is 11.8 Å². The molecule has 0 bridgehead atoms. The third-order valence-electron chi connectivity index (χ3n) is 3.82. The minimum absolute atomic E-state index is 0.0323. The van der Waals surface area contributed by atoms with Crippen LogP contribution in [0.3, 0.4) is 0 Å². The van der Waals surface area contributed by atoms with Gasteiger partial charge in [-0.3, -0.25) is 9.59 Å². The molecule has 0 aliphatic heterocycles. The molecule has 0 saturated carbocycles. The van der Waals surface area contributed by atoms with Gasteiger partial charge in [0.1, 0.15) is 11.9 Å². The van der Waals surface area contributed by atoms with Crippen molar-refractivity contribution < 1.29 is 14.3 Å². The zero-order valence-electron chi connectivity index (χ0n) is 14.8. The summed E-state index contributed by atoms with van der Waals surface area (Å²) in [5.41, 5.74) is 2.70. The van der Waals surface area contributed by atoms with E-state index in [1.807, 2.05) is 62.4 Å². The van der Waals surface area contributed by atoms with Gasteiger partial charge in [0.15, 0.2) is 0 Å². The average molecular weight is 340 g/mol. The minimum atomic E-state index is -0.253.